The number of halogens is 2. The molecule has 2 nitrogen and oxygen atoms in total. The predicted molar refractivity (Wildman–Crippen MR) is 61.8 cm³/mol. The smallest absolute Gasteiger partial charge is 0.127 e. The standard InChI is InChI=1S/C10H13ClFNOS/c1-7(5-13)15(14)6-8-4-9(11)2-3-10(8)12/h2-4,7H,5-6,13H2,1H3. The zero-order valence-corrected chi connectivity index (χ0v) is 9.95. The van der Waals surface area contributed by atoms with E-state index in [-0.39, 0.29) is 16.8 Å². The van der Waals surface area contributed by atoms with Crippen LogP contribution in [-0.4, -0.2) is 16.0 Å². The van der Waals surface area contributed by atoms with Crippen LogP contribution >= 0.6 is 11.6 Å². The Morgan fingerprint density at radius 1 is 1.60 bits per heavy atom. The molecule has 0 spiro atoms. The van der Waals surface area contributed by atoms with Crippen LogP contribution in [0.25, 0.3) is 0 Å². The quantitative estimate of drug-likeness (QED) is 0.888. The second-order valence-corrected chi connectivity index (χ2v) is 5.60. The van der Waals surface area contributed by atoms with E-state index in [0.717, 1.165) is 0 Å². The van der Waals surface area contributed by atoms with E-state index in [1.54, 1.807) is 6.92 Å². The molecule has 0 aliphatic carbocycles. The Balaban J connectivity index is 2.80. The zero-order chi connectivity index (χ0) is 11.4. The molecule has 0 amide bonds. The van der Waals surface area contributed by atoms with Crippen LogP contribution in [0.4, 0.5) is 4.39 Å². The Bertz CT molecular complexity index is 372. The summed E-state index contributed by atoms with van der Waals surface area (Å²) in [7, 11) is -1.16. The van der Waals surface area contributed by atoms with Crippen LogP contribution in [0.1, 0.15) is 12.5 Å². The van der Waals surface area contributed by atoms with Gasteiger partial charge in [0.1, 0.15) is 5.82 Å². The lowest BCUT2D eigenvalue weighted by atomic mass is 10.2. The van der Waals surface area contributed by atoms with E-state index in [2.05, 4.69) is 0 Å². The number of rotatable bonds is 4. The number of hydrogen-bond donors (Lipinski definition) is 1. The van der Waals surface area contributed by atoms with Gasteiger partial charge in [-0.25, -0.2) is 4.39 Å². The van der Waals surface area contributed by atoms with Crippen molar-refractivity contribution in [3.8, 4) is 0 Å². The summed E-state index contributed by atoms with van der Waals surface area (Å²) in [4.78, 5) is 0. The second kappa shape index (κ2) is 5.58. The fourth-order valence-electron chi connectivity index (χ4n) is 1.06. The van der Waals surface area contributed by atoms with Crippen LogP contribution in [0.3, 0.4) is 0 Å². The summed E-state index contributed by atoms with van der Waals surface area (Å²) in [5.74, 6) is -0.220. The highest BCUT2D eigenvalue weighted by atomic mass is 35.5. The zero-order valence-electron chi connectivity index (χ0n) is 8.37. The van der Waals surface area contributed by atoms with Gasteiger partial charge in [0, 0.05) is 33.2 Å². The minimum Gasteiger partial charge on any atom is -0.329 e. The lowest BCUT2D eigenvalue weighted by Crippen LogP contribution is -2.23. The van der Waals surface area contributed by atoms with Crippen LogP contribution in [-0.2, 0) is 16.6 Å². The van der Waals surface area contributed by atoms with Gasteiger partial charge in [-0.05, 0) is 25.1 Å². The maximum atomic E-state index is 13.3. The van der Waals surface area contributed by atoms with Crippen LogP contribution in [0, 0.1) is 5.82 Å². The summed E-state index contributed by atoms with van der Waals surface area (Å²) in [6.45, 7) is 2.10. The summed E-state index contributed by atoms with van der Waals surface area (Å²) >= 11 is 5.72. The Kier molecular flexibility index (Phi) is 4.70. The van der Waals surface area contributed by atoms with Crippen molar-refractivity contribution in [2.45, 2.75) is 17.9 Å². The van der Waals surface area contributed by atoms with Gasteiger partial charge in [-0.3, -0.25) is 4.21 Å². The van der Waals surface area contributed by atoms with E-state index in [0.29, 0.717) is 17.1 Å². The minimum atomic E-state index is -1.16. The Morgan fingerprint density at radius 3 is 2.87 bits per heavy atom. The van der Waals surface area contributed by atoms with Crippen LogP contribution < -0.4 is 5.73 Å². The molecule has 2 atom stereocenters. The highest BCUT2D eigenvalue weighted by Gasteiger charge is 2.12. The van der Waals surface area contributed by atoms with Gasteiger partial charge in [0.2, 0.25) is 0 Å². The van der Waals surface area contributed by atoms with Crippen molar-refractivity contribution in [1.29, 1.82) is 0 Å². The van der Waals surface area contributed by atoms with E-state index in [1.165, 1.54) is 18.2 Å². The van der Waals surface area contributed by atoms with Gasteiger partial charge in [-0.15, -0.1) is 0 Å². The highest BCUT2D eigenvalue weighted by Crippen LogP contribution is 2.17. The fourth-order valence-corrected chi connectivity index (χ4v) is 2.28. The van der Waals surface area contributed by atoms with Gasteiger partial charge in [-0.2, -0.15) is 0 Å². The lowest BCUT2D eigenvalue weighted by Gasteiger charge is -2.09. The van der Waals surface area contributed by atoms with Crippen molar-refractivity contribution in [2.24, 2.45) is 5.73 Å². The molecule has 0 saturated carbocycles. The molecule has 0 heterocycles. The molecule has 0 aliphatic rings. The van der Waals surface area contributed by atoms with E-state index in [1.807, 2.05) is 0 Å². The summed E-state index contributed by atoms with van der Waals surface area (Å²) in [6, 6.07) is 4.25. The third kappa shape index (κ3) is 3.55. The molecule has 1 aromatic carbocycles. The van der Waals surface area contributed by atoms with Crippen molar-refractivity contribution < 1.29 is 8.60 Å². The molecule has 0 aliphatic heterocycles. The van der Waals surface area contributed by atoms with Crippen molar-refractivity contribution in [3.63, 3.8) is 0 Å². The number of benzene rings is 1. The van der Waals surface area contributed by atoms with Crippen molar-refractivity contribution in [1.82, 2.24) is 0 Å². The molecule has 0 bridgehead atoms. The van der Waals surface area contributed by atoms with Crippen molar-refractivity contribution >= 4 is 22.4 Å². The van der Waals surface area contributed by atoms with Crippen LogP contribution in [0.2, 0.25) is 5.02 Å². The Labute approximate surface area is 96.1 Å². The monoisotopic (exact) mass is 249 g/mol. The van der Waals surface area contributed by atoms with Gasteiger partial charge < -0.3 is 5.73 Å². The maximum absolute atomic E-state index is 13.3. The molecule has 0 saturated heterocycles. The summed E-state index contributed by atoms with van der Waals surface area (Å²) in [5.41, 5.74) is 5.76. The Hall–Kier alpha value is -0.450. The lowest BCUT2D eigenvalue weighted by molar-refractivity contribution is 0.614. The molecular formula is C10H13ClFNOS. The summed E-state index contributed by atoms with van der Waals surface area (Å²) in [6.07, 6.45) is 0. The minimum absolute atomic E-state index is 0.136. The SMILES string of the molecule is CC(CN)S(=O)Cc1cc(Cl)ccc1F. The van der Waals surface area contributed by atoms with Crippen molar-refractivity contribution in [2.75, 3.05) is 6.54 Å². The first-order valence-corrected chi connectivity index (χ1v) is 6.31. The molecule has 84 valence electrons. The molecule has 15 heavy (non-hydrogen) atoms. The Morgan fingerprint density at radius 2 is 2.27 bits per heavy atom. The van der Waals surface area contributed by atoms with Gasteiger partial charge in [0.25, 0.3) is 0 Å². The van der Waals surface area contributed by atoms with Gasteiger partial charge >= 0.3 is 0 Å². The molecule has 0 aromatic heterocycles. The second-order valence-electron chi connectivity index (χ2n) is 3.31. The largest absolute Gasteiger partial charge is 0.329 e. The van der Waals surface area contributed by atoms with E-state index < -0.39 is 10.8 Å². The molecular weight excluding hydrogens is 237 g/mol. The molecule has 0 fully saturated rings. The summed E-state index contributed by atoms with van der Waals surface area (Å²) < 4.78 is 24.9. The molecule has 1 rings (SSSR count). The predicted octanol–water partition coefficient (Wildman–Crippen LogP) is 2.08. The van der Waals surface area contributed by atoms with Gasteiger partial charge in [0.15, 0.2) is 0 Å². The molecule has 5 heteroatoms. The van der Waals surface area contributed by atoms with E-state index in [9.17, 15) is 8.60 Å². The summed E-state index contributed by atoms with van der Waals surface area (Å²) in [5, 5.41) is 0.312. The van der Waals surface area contributed by atoms with Crippen molar-refractivity contribution in [3.05, 3.63) is 34.6 Å². The van der Waals surface area contributed by atoms with Crippen LogP contribution in [0.15, 0.2) is 18.2 Å². The topological polar surface area (TPSA) is 43.1 Å². The third-order valence-electron chi connectivity index (χ3n) is 2.09. The first-order valence-electron chi connectivity index (χ1n) is 4.55. The van der Waals surface area contributed by atoms with Gasteiger partial charge in [0.05, 0.1) is 5.75 Å². The molecule has 2 N–H and O–H groups in total. The molecule has 0 radical (unpaired) electrons. The van der Waals surface area contributed by atoms with E-state index in [4.69, 9.17) is 17.3 Å². The van der Waals surface area contributed by atoms with E-state index >= 15 is 0 Å². The average molecular weight is 250 g/mol. The highest BCUT2D eigenvalue weighted by molar-refractivity contribution is 7.84. The first-order chi connectivity index (χ1) is 7.04. The number of nitrogens with two attached hydrogens (primary N) is 1. The maximum Gasteiger partial charge on any atom is 0.127 e. The third-order valence-corrected chi connectivity index (χ3v) is 4.01. The fraction of sp³-hybridized carbons (Fsp3) is 0.400. The van der Waals surface area contributed by atoms with Gasteiger partial charge in [-0.1, -0.05) is 11.6 Å². The normalized spacial score (nSPS) is 14.9. The number of hydrogen-bond acceptors (Lipinski definition) is 2. The molecule has 1 aromatic rings. The first kappa shape index (κ1) is 12.6. The van der Waals surface area contributed by atoms with Crippen LogP contribution in [0.5, 0.6) is 0 Å². The molecule has 2 unspecified atom stereocenters. The average Bonchev–Trinajstić information content (AvgIpc) is 2.22.